The molecular formula is C46H52BBrN2. The van der Waals surface area contributed by atoms with E-state index in [-0.39, 0.29) is 28.4 Å². The van der Waals surface area contributed by atoms with E-state index in [9.17, 15) is 0 Å². The number of rotatable bonds is 2. The first-order valence-corrected chi connectivity index (χ1v) is 19.0. The van der Waals surface area contributed by atoms with Crippen LogP contribution in [0.4, 0.5) is 34.1 Å². The van der Waals surface area contributed by atoms with Gasteiger partial charge >= 0.3 is 0 Å². The van der Waals surface area contributed by atoms with Gasteiger partial charge in [-0.2, -0.15) is 0 Å². The number of anilines is 6. The van der Waals surface area contributed by atoms with Gasteiger partial charge < -0.3 is 9.80 Å². The third kappa shape index (κ3) is 5.92. The smallest absolute Gasteiger partial charge is 0.252 e. The molecule has 4 heteroatoms. The number of halogens is 1. The zero-order chi connectivity index (χ0) is 36.1. The van der Waals surface area contributed by atoms with E-state index in [0.29, 0.717) is 0 Å². The lowest BCUT2D eigenvalue weighted by molar-refractivity contribution is 0.589. The first kappa shape index (κ1) is 34.7. The molecule has 0 saturated carbocycles. The van der Waals surface area contributed by atoms with Crippen molar-refractivity contribution in [3.05, 3.63) is 124 Å². The maximum atomic E-state index is 3.87. The van der Waals surface area contributed by atoms with E-state index in [1.807, 2.05) is 0 Å². The highest BCUT2D eigenvalue weighted by Gasteiger charge is 2.44. The lowest BCUT2D eigenvalue weighted by atomic mass is 9.33. The van der Waals surface area contributed by atoms with Gasteiger partial charge in [0.15, 0.2) is 0 Å². The van der Waals surface area contributed by atoms with Crippen LogP contribution >= 0.6 is 15.9 Å². The van der Waals surface area contributed by atoms with Crippen LogP contribution in [0.3, 0.4) is 0 Å². The summed E-state index contributed by atoms with van der Waals surface area (Å²) in [5, 5.41) is 0. The third-order valence-electron chi connectivity index (χ3n) is 10.7. The monoisotopic (exact) mass is 722 g/mol. The Morgan fingerprint density at radius 2 is 0.760 bits per heavy atom. The molecule has 2 nitrogen and oxygen atoms in total. The molecule has 0 saturated heterocycles. The second-order valence-corrected chi connectivity index (χ2v) is 19.5. The predicted molar refractivity (Wildman–Crippen MR) is 223 cm³/mol. The molecule has 7 rings (SSSR count). The highest BCUT2D eigenvalue weighted by Crippen LogP contribution is 2.47. The van der Waals surface area contributed by atoms with Crippen molar-refractivity contribution in [2.24, 2.45) is 0 Å². The Kier molecular flexibility index (Phi) is 8.07. The summed E-state index contributed by atoms with van der Waals surface area (Å²) < 4.78 is 1.09. The summed E-state index contributed by atoms with van der Waals surface area (Å²) in [6.45, 7) is 27.8. The van der Waals surface area contributed by atoms with Crippen LogP contribution in [0.2, 0.25) is 0 Å². The number of hydrogen-bond acceptors (Lipinski definition) is 2. The molecule has 256 valence electrons. The summed E-state index contributed by atoms with van der Waals surface area (Å²) in [7, 11) is 0. The standard InChI is InChI=1S/C46H52BBrN2/c1-43(2,3)29-13-19-34(20-14-29)49-38-25-31(45(7,8)9)17-23-36(38)47-37-24-18-33(48)28-39(37)50(35-21-15-30(16-22-35)44(4,5)6)41-27-32(46(10,11)12)26-40(49)42(41)47/h13-28H,1-12H3. The second kappa shape index (κ2) is 11.6. The maximum absolute atomic E-state index is 3.87. The molecular weight excluding hydrogens is 671 g/mol. The first-order valence-electron chi connectivity index (χ1n) is 18.2. The van der Waals surface area contributed by atoms with Crippen molar-refractivity contribution >= 4 is 73.2 Å². The summed E-state index contributed by atoms with van der Waals surface area (Å²) in [4.78, 5) is 5.08. The number of fused-ring (bicyclic) bond motifs is 4. The predicted octanol–water partition coefficient (Wildman–Crippen LogP) is 11.7. The Bertz CT molecular complexity index is 2100. The third-order valence-corrected chi connectivity index (χ3v) is 11.2. The fraction of sp³-hybridized carbons (Fsp3) is 0.348. The number of nitrogens with zero attached hydrogens (tertiary/aromatic N) is 2. The van der Waals surface area contributed by atoms with Gasteiger partial charge in [0.05, 0.1) is 0 Å². The summed E-state index contributed by atoms with van der Waals surface area (Å²) in [6, 6.07) is 37.7. The fourth-order valence-electron chi connectivity index (χ4n) is 7.64. The van der Waals surface area contributed by atoms with Gasteiger partial charge in [0.2, 0.25) is 0 Å². The van der Waals surface area contributed by atoms with Gasteiger partial charge in [0, 0.05) is 38.6 Å². The van der Waals surface area contributed by atoms with Gasteiger partial charge in [0.25, 0.3) is 6.71 Å². The molecule has 0 aliphatic carbocycles. The molecule has 0 amide bonds. The SMILES string of the molecule is CC(C)(C)c1ccc(N2c3cc(Br)ccc3B3c4ccc(C(C)(C)C)cc4N(c4ccc(C(C)(C)C)cc4)c4cc(C(C)(C)C)cc2c43)cc1. The minimum Gasteiger partial charge on any atom is -0.311 e. The molecule has 0 N–H and O–H groups in total. The summed E-state index contributed by atoms with van der Waals surface area (Å²) in [5.41, 5.74) is 16.9. The van der Waals surface area contributed by atoms with Crippen LogP contribution in [0, 0.1) is 0 Å². The molecule has 0 atom stereocenters. The van der Waals surface area contributed by atoms with E-state index < -0.39 is 0 Å². The van der Waals surface area contributed by atoms with Crippen molar-refractivity contribution in [1.82, 2.24) is 0 Å². The van der Waals surface area contributed by atoms with E-state index >= 15 is 0 Å². The molecule has 50 heavy (non-hydrogen) atoms. The van der Waals surface area contributed by atoms with Gasteiger partial charge in [-0.3, -0.25) is 0 Å². The molecule has 5 aromatic rings. The van der Waals surface area contributed by atoms with Crippen LogP contribution in [-0.2, 0) is 21.7 Å². The minimum atomic E-state index is -0.0599. The van der Waals surface area contributed by atoms with Crippen molar-refractivity contribution in [2.75, 3.05) is 9.80 Å². The molecule has 0 spiro atoms. The van der Waals surface area contributed by atoms with E-state index in [1.165, 1.54) is 72.8 Å². The molecule has 0 unspecified atom stereocenters. The maximum Gasteiger partial charge on any atom is 0.252 e. The van der Waals surface area contributed by atoms with Crippen LogP contribution in [0.15, 0.2) is 102 Å². The van der Waals surface area contributed by atoms with Crippen LogP contribution in [0.25, 0.3) is 0 Å². The zero-order valence-electron chi connectivity index (χ0n) is 32.1. The Labute approximate surface area is 310 Å². The Balaban J connectivity index is 1.58. The lowest BCUT2D eigenvalue weighted by Gasteiger charge is -2.45. The van der Waals surface area contributed by atoms with Gasteiger partial charge in [-0.05, 0) is 115 Å². The van der Waals surface area contributed by atoms with Gasteiger partial charge in [0.1, 0.15) is 0 Å². The highest BCUT2D eigenvalue weighted by atomic mass is 79.9. The Hall–Kier alpha value is -3.76. The number of hydrogen-bond donors (Lipinski definition) is 0. The number of benzene rings is 5. The van der Waals surface area contributed by atoms with E-state index in [4.69, 9.17) is 0 Å². The normalized spacial score (nSPS) is 14.4. The molecule has 0 aromatic heterocycles. The fourth-order valence-corrected chi connectivity index (χ4v) is 7.99. The van der Waals surface area contributed by atoms with Gasteiger partial charge in [-0.15, -0.1) is 0 Å². The highest BCUT2D eigenvalue weighted by molar-refractivity contribution is 9.10. The van der Waals surface area contributed by atoms with Crippen molar-refractivity contribution < 1.29 is 0 Å². The van der Waals surface area contributed by atoms with Crippen molar-refractivity contribution in [1.29, 1.82) is 0 Å². The second-order valence-electron chi connectivity index (χ2n) is 18.6. The van der Waals surface area contributed by atoms with E-state index in [2.05, 4.69) is 206 Å². The summed E-state index contributed by atoms with van der Waals surface area (Å²) in [5.74, 6) is 0. The Morgan fingerprint density at radius 1 is 0.400 bits per heavy atom. The van der Waals surface area contributed by atoms with Crippen LogP contribution in [0.5, 0.6) is 0 Å². The van der Waals surface area contributed by atoms with Crippen LogP contribution in [0.1, 0.15) is 105 Å². The van der Waals surface area contributed by atoms with E-state index in [1.54, 1.807) is 0 Å². The van der Waals surface area contributed by atoms with Crippen molar-refractivity contribution in [3.63, 3.8) is 0 Å². The van der Waals surface area contributed by atoms with Crippen molar-refractivity contribution in [3.8, 4) is 0 Å². The average Bonchev–Trinajstić information content (AvgIpc) is 3.02. The molecule has 2 aliphatic heterocycles. The molecule has 0 bridgehead atoms. The van der Waals surface area contributed by atoms with Crippen molar-refractivity contribution in [2.45, 2.75) is 105 Å². The van der Waals surface area contributed by atoms with Crippen LogP contribution in [-0.4, -0.2) is 6.71 Å². The van der Waals surface area contributed by atoms with E-state index in [0.717, 1.165) is 4.47 Å². The Morgan fingerprint density at radius 3 is 1.18 bits per heavy atom. The topological polar surface area (TPSA) is 6.48 Å². The molecule has 2 aliphatic rings. The zero-order valence-corrected chi connectivity index (χ0v) is 33.7. The quantitative estimate of drug-likeness (QED) is 0.164. The largest absolute Gasteiger partial charge is 0.311 e. The molecule has 2 heterocycles. The summed E-state index contributed by atoms with van der Waals surface area (Å²) in [6.07, 6.45) is 0. The lowest BCUT2D eigenvalue weighted by Crippen LogP contribution is -2.61. The molecule has 0 radical (unpaired) electrons. The summed E-state index contributed by atoms with van der Waals surface area (Å²) >= 11 is 3.87. The van der Waals surface area contributed by atoms with Gasteiger partial charge in [-0.1, -0.05) is 141 Å². The average molecular weight is 724 g/mol. The van der Waals surface area contributed by atoms with Gasteiger partial charge in [-0.25, -0.2) is 0 Å². The van der Waals surface area contributed by atoms with Crippen LogP contribution < -0.4 is 26.2 Å². The minimum absolute atomic E-state index is 0.0147. The molecule has 5 aromatic carbocycles. The first-order chi connectivity index (χ1) is 23.2. The molecule has 0 fully saturated rings.